The summed E-state index contributed by atoms with van der Waals surface area (Å²) in [5.74, 6) is 0.392. The van der Waals surface area contributed by atoms with E-state index in [1.807, 2.05) is 4.90 Å². The highest BCUT2D eigenvalue weighted by molar-refractivity contribution is 5.82. The van der Waals surface area contributed by atoms with Crippen LogP contribution in [0.1, 0.15) is 44.9 Å². The van der Waals surface area contributed by atoms with Gasteiger partial charge in [-0.2, -0.15) is 0 Å². The molecule has 1 saturated carbocycles. The molecule has 0 aromatic heterocycles. The van der Waals surface area contributed by atoms with E-state index in [0.29, 0.717) is 12.6 Å². The zero-order chi connectivity index (χ0) is 16.1. The maximum Gasteiger partial charge on any atom is 0.239 e. The van der Waals surface area contributed by atoms with E-state index in [1.165, 1.54) is 19.3 Å². The first-order valence-electron chi connectivity index (χ1n) is 9.26. The number of piperazine rings is 1. The molecule has 2 aliphatic heterocycles. The molecule has 2 amide bonds. The maximum absolute atomic E-state index is 12.4. The normalized spacial score (nSPS) is 27.1. The summed E-state index contributed by atoms with van der Waals surface area (Å²) in [6.45, 7) is 4.52. The number of carbonyl (C=O) groups excluding carboxylic acids is 2. The van der Waals surface area contributed by atoms with Gasteiger partial charge in [-0.25, -0.2) is 0 Å². The summed E-state index contributed by atoms with van der Waals surface area (Å²) in [6.07, 6.45) is 8.09. The molecule has 0 radical (unpaired) electrons. The average molecular weight is 322 g/mol. The predicted molar refractivity (Wildman–Crippen MR) is 89.1 cm³/mol. The lowest BCUT2D eigenvalue weighted by molar-refractivity contribution is -0.135. The topological polar surface area (TPSA) is 64.7 Å². The molecule has 1 aliphatic carbocycles. The van der Waals surface area contributed by atoms with Gasteiger partial charge in [0.2, 0.25) is 11.8 Å². The number of nitrogens with zero attached hydrogens (tertiary/aromatic N) is 2. The fourth-order valence-corrected chi connectivity index (χ4v) is 3.97. The van der Waals surface area contributed by atoms with E-state index >= 15 is 0 Å². The molecule has 23 heavy (non-hydrogen) atoms. The summed E-state index contributed by atoms with van der Waals surface area (Å²) in [4.78, 5) is 28.6. The molecule has 1 unspecified atom stereocenters. The molecule has 2 heterocycles. The largest absolute Gasteiger partial charge is 0.352 e. The molecular formula is C17H30N4O2. The van der Waals surface area contributed by atoms with E-state index in [4.69, 9.17) is 0 Å². The second-order valence-corrected chi connectivity index (χ2v) is 7.15. The van der Waals surface area contributed by atoms with E-state index in [0.717, 1.165) is 58.4 Å². The molecule has 3 aliphatic rings. The molecule has 2 N–H and O–H groups in total. The van der Waals surface area contributed by atoms with Crippen LogP contribution in [0, 0.1) is 0 Å². The van der Waals surface area contributed by atoms with Gasteiger partial charge in [-0.05, 0) is 32.2 Å². The standard InChI is InChI=1S/C17H30N4O2/c22-16(19-14-5-2-1-3-6-14)13-20-9-11-21(12-10-20)17(23)15-7-4-8-18-15/h14-15,18H,1-13H2,(H,19,22). The van der Waals surface area contributed by atoms with Crippen molar-refractivity contribution in [3.8, 4) is 0 Å². The molecule has 130 valence electrons. The van der Waals surface area contributed by atoms with Gasteiger partial charge in [-0.3, -0.25) is 14.5 Å². The van der Waals surface area contributed by atoms with Gasteiger partial charge in [-0.15, -0.1) is 0 Å². The van der Waals surface area contributed by atoms with Gasteiger partial charge < -0.3 is 15.5 Å². The molecule has 6 nitrogen and oxygen atoms in total. The Labute approximate surface area is 139 Å². The summed E-state index contributed by atoms with van der Waals surface area (Å²) in [6, 6.07) is 0.406. The summed E-state index contributed by atoms with van der Waals surface area (Å²) in [5.41, 5.74) is 0. The van der Waals surface area contributed by atoms with Gasteiger partial charge in [0.05, 0.1) is 12.6 Å². The Morgan fingerprint density at radius 2 is 1.70 bits per heavy atom. The Hall–Kier alpha value is -1.14. The van der Waals surface area contributed by atoms with E-state index in [2.05, 4.69) is 15.5 Å². The number of rotatable bonds is 4. The van der Waals surface area contributed by atoms with Gasteiger partial charge in [-0.1, -0.05) is 19.3 Å². The zero-order valence-electron chi connectivity index (χ0n) is 14.1. The van der Waals surface area contributed by atoms with Crippen LogP contribution in [0.2, 0.25) is 0 Å². The van der Waals surface area contributed by atoms with Gasteiger partial charge in [0.15, 0.2) is 0 Å². The monoisotopic (exact) mass is 322 g/mol. The van der Waals surface area contributed by atoms with Crippen LogP contribution in [0.4, 0.5) is 0 Å². The molecule has 3 rings (SSSR count). The van der Waals surface area contributed by atoms with Crippen LogP contribution >= 0.6 is 0 Å². The smallest absolute Gasteiger partial charge is 0.239 e. The first kappa shape index (κ1) is 16.7. The van der Waals surface area contributed by atoms with Crippen molar-refractivity contribution in [2.24, 2.45) is 0 Å². The van der Waals surface area contributed by atoms with E-state index < -0.39 is 0 Å². The fraction of sp³-hybridized carbons (Fsp3) is 0.882. The third-order valence-electron chi connectivity index (χ3n) is 5.38. The van der Waals surface area contributed by atoms with E-state index in [1.54, 1.807) is 0 Å². The number of carbonyl (C=O) groups is 2. The van der Waals surface area contributed by atoms with Crippen LogP contribution in [-0.2, 0) is 9.59 Å². The Bertz CT molecular complexity index is 409. The third kappa shape index (κ3) is 4.67. The molecular weight excluding hydrogens is 292 g/mol. The van der Waals surface area contributed by atoms with Crippen molar-refractivity contribution in [2.75, 3.05) is 39.3 Å². The molecule has 2 saturated heterocycles. The van der Waals surface area contributed by atoms with Crippen molar-refractivity contribution < 1.29 is 9.59 Å². The Morgan fingerprint density at radius 1 is 0.957 bits per heavy atom. The first-order chi connectivity index (χ1) is 11.2. The second-order valence-electron chi connectivity index (χ2n) is 7.15. The summed E-state index contributed by atoms with van der Waals surface area (Å²) in [5, 5.41) is 6.45. The highest BCUT2D eigenvalue weighted by Crippen LogP contribution is 2.17. The van der Waals surface area contributed by atoms with Crippen molar-refractivity contribution in [2.45, 2.75) is 57.0 Å². The molecule has 3 fully saturated rings. The van der Waals surface area contributed by atoms with Crippen molar-refractivity contribution >= 4 is 11.8 Å². The fourth-order valence-electron chi connectivity index (χ4n) is 3.97. The Balaban J connectivity index is 1.36. The van der Waals surface area contributed by atoms with Crippen LogP contribution in [0.5, 0.6) is 0 Å². The predicted octanol–water partition coefficient (Wildman–Crippen LogP) is 0.332. The number of hydrogen-bond acceptors (Lipinski definition) is 4. The van der Waals surface area contributed by atoms with Gasteiger partial charge in [0.25, 0.3) is 0 Å². The minimum absolute atomic E-state index is 0.0242. The van der Waals surface area contributed by atoms with Crippen molar-refractivity contribution in [1.82, 2.24) is 20.4 Å². The summed E-state index contributed by atoms with van der Waals surface area (Å²) >= 11 is 0. The van der Waals surface area contributed by atoms with Crippen LogP contribution in [0.25, 0.3) is 0 Å². The van der Waals surface area contributed by atoms with Gasteiger partial charge in [0.1, 0.15) is 0 Å². The van der Waals surface area contributed by atoms with E-state index in [-0.39, 0.29) is 17.9 Å². The van der Waals surface area contributed by atoms with Crippen molar-refractivity contribution in [3.05, 3.63) is 0 Å². The highest BCUT2D eigenvalue weighted by Gasteiger charge is 2.29. The van der Waals surface area contributed by atoms with Crippen LogP contribution in [-0.4, -0.2) is 73.0 Å². The quantitative estimate of drug-likeness (QED) is 0.783. The number of nitrogens with one attached hydrogen (secondary N) is 2. The maximum atomic E-state index is 12.4. The molecule has 0 spiro atoms. The van der Waals surface area contributed by atoms with E-state index in [9.17, 15) is 9.59 Å². The average Bonchev–Trinajstić information content (AvgIpc) is 3.10. The summed E-state index contributed by atoms with van der Waals surface area (Å²) in [7, 11) is 0. The van der Waals surface area contributed by atoms with Crippen molar-refractivity contribution in [3.63, 3.8) is 0 Å². The number of hydrogen-bond donors (Lipinski definition) is 2. The van der Waals surface area contributed by atoms with Gasteiger partial charge >= 0.3 is 0 Å². The zero-order valence-corrected chi connectivity index (χ0v) is 14.1. The Kier molecular flexibility index (Phi) is 5.89. The molecule has 1 atom stereocenters. The lowest BCUT2D eigenvalue weighted by Crippen LogP contribution is -2.54. The van der Waals surface area contributed by atoms with Crippen LogP contribution in [0.15, 0.2) is 0 Å². The minimum Gasteiger partial charge on any atom is -0.352 e. The highest BCUT2D eigenvalue weighted by atomic mass is 16.2. The summed E-state index contributed by atoms with van der Waals surface area (Å²) < 4.78 is 0. The minimum atomic E-state index is 0.0242. The van der Waals surface area contributed by atoms with Gasteiger partial charge in [0, 0.05) is 32.2 Å². The third-order valence-corrected chi connectivity index (χ3v) is 5.38. The SMILES string of the molecule is O=C(CN1CCN(C(=O)C2CCCN2)CC1)NC1CCCCC1. The van der Waals surface area contributed by atoms with Crippen molar-refractivity contribution in [1.29, 1.82) is 0 Å². The van der Waals surface area contributed by atoms with Crippen LogP contribution in [0.3, 0.4) is 0 Å². The van der Waals surface area contributed by atoms with Crippen LogP contribution < -0.4 is 10.6 Å². The molecule has 0 aromatic rings. The molecule has 0 bridgehead atoms. The Morgan fingerprint density at radius 3 is 2.35 bits per heavy atom. The lowest BCUT2D eigenvalue weighted by atomic mass is 9.95. The molecule has 0 aromatic carbocycles. The number of amides is 2. The second kappa shape index (κ2) is 8.11. The lowest BCUT2D eigenvalue weighted by Gasteiger charge is -2.36. The first-order valence-corrected chi connectivity index (χ1v) is 9.26. The molecule has 6 heteroatoms.